The van der Waals surface area contributed by atoms with Gasteiger partial charge in [0.2, 0.25) is 0 Å². The van der Waals surface area contributed by atoms with E-state index in [1.165, 1.54) is 75.1 Å². The number of benzene rings is 3. The third-order valence-corrected chi connectivity index (χ3v) is 7.59. The quantitative estimate of drug-likeness (QED) is 0.180. The van der Waals surface area contributed by atoms with Crippen molar-refractivity contribution < 1.29 is 19.4 Å². The molecule has 4 nitrogen and oxygen atoms in total. The molecule has 1 saturated carbocycles. The highest BCUT2D eigenvalue weighted by Crippen LogP contribution is 2.38. The molecule has 0 atom stereocenters. The summed E-state index contributed by atoms with van der Waals surface area (Å²) in [6.45, 7) is 2.27. The van der Waals surface area contributed by atoms with Gasteiger partial charge in [0, 0.05) is 6.07 Å². The van der Waals surface area contributed by atoms with Crippen molar-refractivity contribution in [3.05, 3.63) is 88.4 Å². The van der Waals surface area contributed by atoms with Gasteiger partial charge in [-0.05, 0) is 78.5 Å². The van der Waals surface area contributed by atoms with Gasteiger partial charge in [-0.15, -0.1) is 0 Å². The van der Waals surface area contributed by atoms with Crippen LogP contribution in [-0.2, 0) is 0 Å². The van der Waals surface area contributed by atoms with Crippen molar-refractivity contribution in [3.63, 3.8) is 0 Å². The normalized spacial score (nSPS) is 17.5. The minimum Gasteiger partial charge on any atom is -0.478 e. The standard InChI is InChI=1S/C31H33ClO4/c1-2-3-4-5-21-6-8-22(9-7-21)23-10-12-24(13-11-23)25-14-16-26(17-15-25)31(35)36-27-18-19-28(30(33)34)29(32)20-27/h10-22H,2-9H2,1H3,(H,33,34). The van der Waals surface area contributed by atoms with Gasteiger partial charge in [-0.25, -0.2) is 9.59 Å². The molecule has 188 valence electrons. The van der Waals surface area contributed by atoms with Crippen molar-refractivity contribution in [2.75, 3.05) is 0 Å². The van der Waals surface area contributed by atoms with Crippen LogP contribution in [0.5, 0.6) is 5.75 Å². The van der Waals surface area contributed by atoms with E-state index in [4.69, 9.17) is 21.4 Å². The Balaban J connectivity index is 1.33. The first-order chi connectivity index (χ1) is 17.4. The largest absolute Gasteiger partial charge is 0.478 e. The van der Waals surface area contributed by atoms with E-state index < -0.39 is 11.9 Å². The summed E-state index contributed by atoms with van der Waals surface area (Å²) in [6, 6.07) is 20.2. The first-order valence-corrected chi connectivity index (χ1v) is 13.3. The Morgan fingerprint density at radius 2 is 1.53 bits per heavy atom. The molecule has 4 rings (SSSR count). The molecule has 36 heavy (non-hydrogen) atoms. The maximum absolute atomic E-state index is 12.5. The third-order valence-electron chi connectivity index (χ3n) is 7.28. The van der Waals surface area contributed by atoms with Crippen molar-refractivity contribution in [2.24, 2.45) is 5.92 Å². The van der Waals surface area contributed by atoms with Gasteiger partial charge >= 0.3 is 11.9 Å². The lowest BCUT2D eigenvalue weighted by Gasteiger charge is -2.29. The molecule has 0 aromatic heterocycles. The zero-order valence-corrected chi connectivity index (χ0v) is 21.5. The average molecular weight is 505 g/mol. The Hall–Kier alpha value is -3.11. The summed E-state index contributed by atoms with van der Waals surface area (Å²) in [4.78, 5) is 23.6. The van der Waals surface area contributed by atoms with Gasteiger partial charge in [0.1, 0.15) is 5.75 Å². The number of carboxylic acids is 1. The molecule has 0 aliphatic heterocycles. The first kappa shape index (κ1) is 26.0. The molecule has 1 aliphatic rings. The summed E-state index contributed by atoms with van der Waals surface area (Å²) < 4.78 is 5.36. The monoisotopic (exact) mass is 504 g/mol. The Labute approximate surface area is 218 Å². The smallest absolute Gasteiger partial charge is 0.343 e. The SMILES string of the molecule is CCCCCC1CCC(c2ccc(-c3ccc(C(=O)Oc4ccc(C(=O)O)c(Cl)c4)cc3)cc2)CC1. The number of carboxylic acid groups (broad SMARTS) is 1. The Kier molecular flexibility index (Phi) is 8.82. The molecule has 0 heterocycles. The van der Waals surface area contributed by atoms with Gasteiger partial charge in [0.25, 0.3) is 0 Å². The van der Waals surface area contributed by atoms with E-state index in [9.17, 15) is 9.59 Å². The second kappa shape index (κ2) is 12.2. The predicted octanol–water partition coefficient (Wildman–Crippen LogP) is 8.78. The van der Waals surface area contributed by atoms with E-state index in [1.54, 1.807) is 12.1 Å². The Morgan fingerprint density at radius 1 is 0.889 bits per heavy atom. The summed E-state index contributed by atoms with van der Waals surface area (Å²) >= 11 is 5.96. The summed E-state index contributed by atoms with van der Waals surface area (Å²) in [6.07, 6.45) is 10.7. The number of carbonyl (C=O) groups is 2. The molecule has 1 fully saturated rings. The highest BCUT2D eigenvalue weighted by atomic mass is 35.5. The summed E-state index contributed by atoms with van der Waals surface area (Å²) in [5.74, 6) is 0.118. The molecular formula is C31H33ClO4. The number of carbonyl (C=O) groups excluding carboxylic acids is 1. The van der Waals surface area contributed by atoms with Gasteiger partial charge in [-0.3, -0.25) is 0 Å². The molecule has 0 saturated heterocycles. The summed E-state index contributed by atoms with van der Waals surface area (Å²) in [7, 11) is 0. The number of unbranched alkanes of at least 4 members (excludes halogenated alkanes) is 2. The zero-order valence-electron chi connectivity index (χ0n) is 20.7. The molecule has 0 bridgehead atoms. The first-order valence-electron chi connectivity index (χ1n) is 12.9. The fourth-order valence-electron chi connectivity index (χ4n) is 5.11. The molecule has 3 aromatic carbocycles. The number of halogens is 1. The Morgan fingerprint density at radius 3 is 2.11 bits per heavy atom. The van der Waals surface area contributed by atoms with Gasteiger partial charge in [0.05, 0.1) is 16.1 Å². The maximum Gasteiger partial charge on any atom is 0.343 e. The lowest BCUT2D eigenvalue weighted by molar-refractivity contribution is 0.0696. The number of rotatable bonds is 9. The van der Waals surface area contributed by atoms with Crippen LogP contribution in [0.4, 0.5) is 0 Å². The van der Waals surface area contributed by atoms with E-state index in [1.807, 2.05) is 12.1 Å². The Bertz CT molecular complexity index is 1180. The maximum atomic E-state index is 12.5. The molecule has 0 radical (unpaired) electrons. The van der Waals surface area contributed by atoms with Gasteiger partial charge in [-0.1, -0.05) is 80.6 Å². The second-order valence-electron chi connectivity index (χ2n) is 9.75. The van der Waals surface area contributed by atoms with Crippen molar-refractivity contribution in [2.45, 2.75) is 64.2 Å². The van der Waals surface area contributed by atoms with Crippen LogP contribution in [0, 0.1) is 5.92 Å². The van der Waals surface area contributed by atoms with Crippen LogP contribution in [-0.4, -0.2) is 17.0 Å². The molecule has 1 N–H and O–H groups in total. The predicted molar refractivity (Wildman–Crippen MR) is 144 cm³/mol. The van der Waals surface area contributed by atoms with Crippen molar-refractivity contribution in [3.8, 4) is 16.9 Å². The lowest BCUT2D eigenvalue weighted by atomic mass is 9.77. The molecule has 3 aromatic rings. The summed E-state index contributed by atoms with van der Waals surface area (Å²) in [5.41, 5.74) is 3.94. The van der Waals surface area contributed by atoms with Crippen LogP contribution in [0.1, 0.15) is 90.5 Å². The zero-order chi connectivity index (χ0) is 25.5. The summed E-state index contributed by atoms with van der Waals surface area (Å²) in [5, 5.41) is 9.09. The minimum atomic E-state index is -1.13. The number of esters is 1. The van der Waals surface area contributed by atoms with Gasteiger partial charge in [0.15, 0.2) is 0 Å². The molecule has 5 heteroatoms. The van der Waals surface area contributed by atoms with Gasteiger partial charge < -0.3 is 9.84 Å². The highest BCUT2D eigenvalue weighted by molar-refractivity contribution is 6.33. The lowest BCUT2D eigenvalue weighted by Crippen LogP contribution is -2.13. The topological polar surface area (TPSA) is 63.6 Å². The third kappa shape index (κ3) is 6.55. The second-order valence-corrected chi connectivity index (χ2v) is 10.2. The highest BCUT2D eigenvalue weighted by Gasteiger charge is 2.22. The van der Waals surface area contributed by atoms with Crippen LogP contribution >= 0.6 is 11.6 Å². The van der Waals surface area contributed by atoms with Crippen LogP contribution in [0.15, 0.2) is 66.7 Å². The van der Waals surface area contributed by atoms with Crippen molar-refractivity contribution in [1.82, 2.24) is 0 Å². The van der Waals surface area contributed by atoms with E-state index in [0.717, 1.165) is 17.0 Å². The van der Waals surface area contributed by atoms with E-state index in [-0.39, 0.29) is 16.3 Å². The van der Waals surface area contributed by atoms with Crippen LogP contribution in [0.2, 0.25) is 5.02 Å². The van der Waals surface area contributed by atoms with E-state index in [2.05, 4.69) is 31.2 Å². The van der Waals surface area contributed by atoms with Crippen LogP contribution < -0.4 is 4.74 Å². The fraction of sp³-hybridized carbons (Fsp3) is 0.355. The number of ether oxygens (including phenoxy) is 1. The van der Waals surface area contributed by atoms with E-state index in [0.29, 0.717) is 11.5 Å². The molecule has 1 aliphatic carbocycles. The van der Waals surface area contributed by atoms with E-state index >= 15 is 0 Å². The van der Waals surface area contributed by atoms with Gasteiger partial charge in [-0.2, -0.15) is 0 Å². The molecule has 0 amide bonds. The molecule has 0 unspecified atom stereocenters. The number of hydrogen-bond acceptors (Lipinski definition) is 3. The van der Waals surface area contributed by atoms with Crippen LogP contribution in [0.3, 0.4) is 0 Å². The number of aromatic carboxylic acids is 1. The van der Waals surface area contributed by atoms with Crippen molar-refractivity contribution >= 4 is 23.5 Å². The van der Waals surface area contributed by atoms with Crippen molar-refractivity contribution in [1.29, 1.82) is 0 Å². The average Bonchev–Trinajstić information content (AvgIpc) is 2.89. The molecular weight excluding hydrogens is 472 g/mol. The number of hydrogen-bond donors (Lipinski definition) is 1. The fourth-order valence-corrected chi connectivity index (χ4v) is 5.36. The molecule has 0 spiro atoms. The van der Waals surface area contributed by atoms with Crippen LogP contribution in [0.25, 0.3) is 11.1 Å². The minimum absolute atomic E-state index is 0.0200.